The number of anilines is 2. The molecule has 3 aromatic heterocycles. The molecule has 0 spiro atoms. The quantitative estimate of drug-likeness (QED) is 0.274. The summed E-state index contributed by atoms with van der Waals surface area (Å²) in [5.41, 5.74) is 6.68. The number of nitrogens with one attached hydrogen (secondary N) is 2. The van der Waals surface area contributed by atoms with Crippen molar-refractivity contribution in [3.63, 3.8) is 0 Å². The van der Waals surface area contributed by atoms with E-state index >= 15 is 0 Å². The first-order chi connectivity index (χ1) is 21.0. The number of carbonyl (C=O) groups is 2. The van der Waals surface area contributed by atoms with Crippen molar-refractivity contribution in [2.24, 2.45) is 5.73 Å². The highest BCUT2D eigenvalue weighted by atomic mass is 19.4. The molecule has 0 radical (unpaired) electrons. The van der Waals surface area contributed by atoms with Crippen LogP contribution in [0.1, 0.15) is 48.3 Å². The highest BCUT2D eigenvalue weighted by Crippen LogP contribution is 2.37. The lowest BCUT2D eigenvalue weighted by atomic mass is 10.0. The summed E-state index contributed by atoms with van der Waals surface area (Å²) in [5, 5.41) is 18.4. The molecular weight excluding hydrogens is 577 g/mol. The highest BCUT2D eigenvalue weighted by molar-refractivity contribution is 5.99. The Morgan fingerprint density at radius 1 is 1.23 bits per heavy atom. The van der Waals surface area contributed by atoms with E-state index < -0.39 is 17.9 Å². The maximum atomic E-state index is 13.8. The second kappa shape index (κ2) is 12.3. The number of rotatable bonds is 8. The van der Waals surface area contributed by atoms with E-state index in [2.05, 4.69) is 25.7 Å². The second-order valence-corrected chi connectivity index (χ2v) is 10.6. The number of nitriles is 1. The number of hydrogen-bond acceptors (Lipinski definition) is 8. The number of fused-ring (bicyclic) bond motifs is 1. The van der Waals surface area contributed by atoms with Gasteiger partial charge < -0.3 is 21.3 Å². The molecule has 1 atom stereocenters. The smallest absolute Gasteiger partial charge is 0.341 e. The summed E-state index contributed by atoms with van der Waals surface area (Å²) in [6.45, 7) is 4.34. The zero-order valence-corrected chi connectivity index (χ0v) is 24.1. The number of likely N-dealkylation sites (tertiary alicyclic amines) is 1. The molecule has 4 aromatic rings. The van der Waals surface area contributed by atoms with E-state index in [-0.39, 0.29) is 47.1 Å². The van der Waals surface area contributed by atoms with E-state index in [0.29, 0.717) is 36.3 Å². The third kappa shape index (κ3) is 6.20. The highest BCUT2D eigenvalue weighted by Gasteiger charge is 2.38. The molecule has 0 saturated carbocycles. The van der Waals surface area contributed by atoms with Crippen molar-refractivity contribution in [2.75, 3.05) is 18.4 Å². The van der Waals surface area contributed by atoms with Crippen molar-refractivity contribution >= 4 is 29.0 Å². The zero-order valence-electron chi connectivity index (χ0n) is 24.1. The lowest BCUT2D eigenvalue weighted by Crippen LogP contribution is -2.51. The predicted octanol–water partition coefficient (Wildman–Crippen LogP) is 3.51. The molecule has 0 bridgehead atoms. The van der Waals surface area contributed by atoms with Gasteiger partial charge in [-0.1, -0.05) is 6.92 Å². The van der Waals surface area contributed by atoms with E-state index in [0.717, 1.165) is 23.7 Å². The number of benzene rings is 1. The number of alkyl halides is 3. The van der Waals surface area contributed by atoms with Gasteiger partial charge >= 0.3 is 6.18 Å². The maximum Gasteiger partial charge on any atom is 0.435 e. The number of nitrogens with zero attached hydrogens (tertiary/aromatic N) is 7. The molecule has 1 fully saturated rings. The minimum absolute atomic E-state index is 0.0865. The van der Waals surface area contributed by atoms with Crippen LogP contribution in [0.25, 0.3) is 16.9 Å². The first-order valence-electron chi connectivity index (χ1n) is 14.1. The number of carbonyl (C=O) groups excluding carboxylic acids is 2. The molecule has 44 heavy (non-hydrogen) atoms. The molecule has 5 rings (SSSR count). The fourth-order valence-electron chi connectivity index (χ4n) is 5.23. The van der Waals surface area contributed by atoms with E-state index in [1.54, 1.807) is 36.1 Å². The molecule has 12 nitrogen and oxygen atoms in total. The first-order valence-corrected chi connectivity index (χ1v) is 14.1. The van der Waals surface area contributed by atoms with Crippen molar-refractivity contribution in [3.05, 3.63) is 59.8 Å². The Kier molecular flexibility index (Phi) is 8.54. The van der Waals surface area contributed by atoms with Gasteiger partial charge in [0.15, 0.2) is 17.2 Å². The molecule has 1 saturated heterocycles. The molecular formula is C29H31F3N10O2. The number of piperidine rings is 1. The molecule has 4 heterocycles. The van der Waals surface area contributed by atoms with Crippen LogP contribution >= 0.6 is 0 Å². The fourth-order valence-corrected chi connectivity index (χ4v) is 5.23. The monoisotopic (exact) mass is 608 g/mol. The largest absolute Gasteiger partial charge is 0.435 e. The third-order valence-corrected chi connectivity index (χ3v) is 7.53. The van der Waals surface area contributed by atoms with Gasteiger partial charge in [0.1, 0.15) is 12.6 Å². The predicted molar refractivity (Wildman–Crippen MR) is 155 cm³/mol. The van der Waals surface area contributed by atoms with Gasteiger partial charge in [0, 0.05) is 49.0 Å². The molecule has 2 amide bonds. The van der Waals surface area contributed by atoms with Crippen LogP contribution < -0.4 is 16.4 Å². The van der Waals surface area contributed by atoms with Crippen molar-refractivity contribution < 1.29 is 22.8 Å². The van der Waals surface area contributed by atoms with Gasteiger partial charge in [-0.15, -0.1) is 0 Å². The average molecular weight is 609 g/mol. The Morgan fingerprint density at radius 3 is 2.66 bits per heavy atom. The van der Waals surface area contributed by atoms with Crippen molar-refractivity contribution in [1.29, 1.82) is 5.26 Å². The maximum absolute atomic E-state index is 13.8. The number of imidazole rings is 1. The summed E-state index contributed by atoms with van der Waals surface area (Å²) in [6.07, 6.45) is 2.58. The molecule has 1 aliphatic heterocycles. The van der Waals surface area contributed by atoms with Gasteiger partial charge in [0.2, 0.25) is 5.91 Å². The van der Waals surface area contributed by atoms with Gasteiger partial charge in [-0.2, -0.15) is 23.5 Å². The Morgan fingerprint density at radius 2 is 1.98 bits per heavy atom. The topological polar surface area (TPSA) is 159 Å². The van der Waals surface area contributed by atoms with Crippen LogP contribution in [0, 0.1) is 11.3 Å². The second-order valence-electron chi connectivity index (χ2n) is 10.6. The van der Waals surface area contributed by atoms with Crippen molar-refractivity contribution in [3.8, 4) is 17.3 Å². The first kappa shape index (κ1) is 30.5. The average Bonchev–Trinajstić information content (AvgIpc) is 3.62. The number of amides is 2. The normalized spacial score (nSPS) is 14.8. The molecule has 1 aliphatic rings. The summed E-state index contributed by atoms with van der Waals surface area (Å²) < 4.78 is 43.7. The lowest BCUT2D eigenvalue weighted by Gasteiger charge is -2.32. The summed E-state index contributed by atoms with van der Waals surface area (Å²) >= 11 is 0. The standard InChI is InChI=1S/C29H31F3N10O2/c1-3-18-14-20(4-5-21(18)27(43)37-17(2)28(44)40-10-6-19(34)7-11-40)38-25-26-36-15-23(42(26)13-9-35-25)22-16-41(12-8-33)39-24(22)29(30,31)32/h4-5,9,13-17,19H,3,6-7,10-12,34H2,1-2H3,(H,35,38)(H,37,43). The van der Waals surface area contributed by atoms with Gasteiger partial charge in [-0.3, -0.25) is 18.7 Å². The Balaban J connectivity index is 1.36. The van der Waals surface area contributed by atoms with E-state index in [9.17, 15) is 22.8 Å². The fraction of sp³-hybridized carbons (Fsp3) is 0.379. The Labute approximate surface area is 250 Å². The van der Waals surface area contributed by atoms with Crippen molar-refractivity contribution in [2.45, 2.75) is 57.9 Å². The summed E-state index contributed by atoms with van der Waals surface area (Å²) in [5.74, 6) is -0.255. The van der Waals surface area contributed by atoms with Crippen LogP contribution in [-0.2, 0) is 23.9 Å². The summed E-state index contributed by atoms with van der Waals surface area (Å²) in [4.78, 5) is 36.4. The van der Waals surface area contributed by atoms with Gasteiger partial charge in [0.25, 0.3) is 5.91 Å². The molecule has 1 aromatic carbocycles. The number of aryl methyl sites for hydroxylation is 1. The molecule has 4 N–H and O–H groups in total. The number of halogens is 3. The molecule has 1 unspecified atom stereocenters. The minimum atomic E-state index is -4.74. The van der Waals surface area contributed by atoms with Crippen LogP contribution in [0.3, 0.4) is 0 Å². The molecule has 0 aliphatic carbocycles. The number of hydrogen-bond donors (Lipinski definition) is 3. The van der Waals surface area contributed by atoms with Gasteiger partial charge in [-0.25, -0.2) is 9.97 Å². The van der Waals surface area contributed by atoms with E-state index in [1.165, 1.54) is 23.0 Å². The van der Waals surface area contributed by atoms with Crippen LogP contribution in [0.5, 0.6) is 0 Å². The van der Waals surface area contributed by atoms with Crippen LogP contribution in [0.4, 0.5) is 24.7 Å². The SMILES string of the molecule is CCc1cc(Nc2nccn3c(-c4cn(CC#N)nc4C(F)(F)F)cnc23)ccc1C(=O)NC(C)C(=O)N1CCC(N)CC1. The number of nitrogens with two attached hydrogens (primary N) is 1. The summed E-state index contributed by atoms with van der Waals surface area (Å²) in [7, 11) is 0. The van der Waals surface area contributed by atoms with Gasteiger partial charge in [-0.05, 0) is 49.9 Å². The van der Waals surface area contributed by atoms with Crippen LogP contribution in [0.2, 0.25) is 0 Å². The molecule has 15 heteroatoms. The minimum Gasteiger partial charge on any atom is -0.341 e. The van der Waals surface area contributed by atoms with Crippen LogP contribution in [0.15, 0.2) is 43.0 Å². The third-order valence-electron chi connectivity index (χ3n) is 7.53. The lowest BCUT2D eigenvalue weighted by molar-refractivity contribution is -0.141. The van der Waals surface area contributed by atoms with E-state index in [4.69, 9.17) is 11.0 Å². The number of aromatic nitrogens is 5. The van der Waals surface area contributed by atoms with Crippen molar-refractivity contribution in [1.82, 2.24) is 34.4 Å². The zero-order chi connectivity index (χ0) is 31.6. The van der Waals surface area contributed by atoms with Gasteiger partial charge in [0.05, 0.1) is 23.5 Å². The molecule has 230 valence electrons. The van der Waals surface area contributed by atoms with E-state index in [1.807, 2.05) is 6.92 Å². The van der Waals surface area contributed by atoms with Crippen LogP contribution in [-0.4, -0.2) is 66.0 Å². The summed E-state index contributed by atoms with van der Waals surface area (Å²) in [6, 6.07) is 6.26. The Bertz CT molecular complexity index is 1730. The Hall–Kier alpha value is -4.97.